The first kappa shape index (κ1) is 17.8. The van der Waals surface area contributed by atoms with Crippen LogP contribution in [0.1, 0.15) is 36.7 Å². The minimum atomic E-state index is -0.502. The monoisotopic (exact) mass is 308 g/mol. The number of ether oxygens (including phenoxy) is 2. The fourth-order valence-electron chi connectivity index (χ4n) is 1.78. The number of benzene rings is 1. The number of esters is 1. The summed E-state index contributed by atoms with van der Waals surface area (Å²) in [5.41, 5.74) is 1.84. The van der Waals surface area contributed by atoms with Gasteiger partial charge in [0.15, 0.2) is 0 Å². The van der Waals surface area contributed by atoms with Crippen LogP contribution < -0.4 is 10.6 Å². The molecule has 0 aromatic heterocycles. The Labute approximate surface area is 131 Å². The molecule has 0 heterocycles. The fourth-order valence-corrected chi connectivity index (χ4v) is 1.78. The van der Waals surface area contributed by atoms with Crippen molar-refractivity contribution in [1.82, 2.24) is 5.32 Å². The van der Waals surface area contributed by atoms with Crippen molar-refractivity contribution in [3.8, 4) is 0 Å². The number of amides is 1. The van der Waals surface area contributed by atoms with Gasteiger partial charge in [-0.15, -0.1) is 0 Å². The number of carbonyl (C=O) groups is 2. The van der Waals surface area contributed by atoms with Crippen molar-refractivity contribution >= 4 is 17.7 Å². The molecule has 2 N–H and O–H groups in total. The maximum Gasteiger partial charge on any atom is 0.407 e. The minimum Gasteiger partial charge on any atom is -0.465 e. The Morgan fingerprint density at radius 1 is 1.18 bits per heavy atom. The van der Waals surface area contributed by atoms with Crippen molar-refractivity contribution in [3.63, 3.8) is 0 Å². The van der Waals surface area contributed by atoms with Gasteiger partial charge >= 0.3 is 12.1 Å². The van der Waals surface area contributed by atoms with E-state index in [4.69, 9.17) is 4.74 Å². The van der Waals surface area contributed by atoms with Crippen LogP contribution in [0.3, 0.4) is 0 Å². The predicted octanol–water partition coefficient (Wildman–Crippen LogP) is 2.72. The van der Waals surface area contributed by atoms with E-state index in [0.29, 0.717) is 18.7 Å². The summed E-state index contributed by atoms with van der Waals surface area (Å²) in [4.78, 5) is 22.9. The largest absolute Gasteiger partial charge is 0.465 e. The van der Waals surface area contributed by atoms with E-state index in [9.17, 15) is 9.59 Å². The molecule has 122 valence electrons. The summed E-state index contributed by atoms with van der Waals surface area (Å²) >= 11 is 0. The van der Waals surface area contributed by atoms with Gasteiger partial charge in [0.05, 0.1) is 12.7 Å². The van der Waals surface area contributed by atoms with E-state index in [1.165, 1.54) is 7.11 Å². The standard InChI is InChI=1S/C16H24N2O4/c1-11-10-12(14(19)21-5)6-7-13(11)17-8-9-18-15(20)22-16(2,3)4/h6-7,10,17H,8-9H2,1-5H3,(H,18,20). The number of anilines is 1. The number of nitrogens with one attached hydrogen (secondary N) is 2. The fraction of sp³-hybridized carbons (Fsp3) is 0.500. The van der Waals surface area contributed by atoms with Gasteiger partial charge in [0.25, 0.3) is 0 Å². The summed E-state index contributed by atoms with van der Waals surface area (Å²) in [7, 11) is 1.35. The minimum absolute atomic E-state index is 0.360. The van der Waals surface area contributed by atoms with Gasteiger partial charge in [-0.3, -0.25) is 0 Å². The van der Waals surface area contributed by atoms with Gasteiger partial charge in [-0.1, -0.05) is 0 Å². The van der Waals surface area contributed by atoms with Gasteiger partial charge in [0.2, 0.25) is 0 Å². The zero-order valence-corrected chi connectivity index (χ0v) is 13.8. The Morgan fingerprint density at radius 3 is 2.41 bits per heavy atom. The summed E-state index contributed by atoms with van der Waals surface area (Å²) in [6.07, 6.45) is -0.438. The van der Waals surface area contributed by atoms with Crippen LogP contribution in [-0.4, -0.2) is 37.9 Å². The zero-order valence-electron chi connectivity index (χ0n) is 13.8. The number of hydrogen-bond donors (Lipinski definition) is 2. The Bertz CT molecular complexity index is 535. The third-order valence-electron chi connectivity index (χ3n) is 2.76. The predicted molar refractivity (Wildman–Crippen MR) is 85.2 cm³/mol. The molecule has 0 bridgehead atoms. The molecule has 1 rings (SSSR count). The first-order chi connectivity index (χ1) is 10.2. The van der Waals surface area contributed by atoms with E-state index in [0.717, 1.165) is 11.3 Å². The van der Waals surface area contributed by atoms with E-state index >= 15 is 0 Å². The third kappa shape index (κ3) is 6.03. The summed E-state index contributed by atoms with van der Waals surface area (Å²) < 4.78 is 9.81. The summed E-state index contributed by atoms with van der Waals surface area (Å²) in [6.45, 7) is 8.34. The highest BCUT2D eigenvalue weighted by atomic mass is 16.6. The Morgan fingerprint density at radius 2 is 1.86 bits per heavy atom. The van der Waals surface area contributed by atoms with Crippen molar-refractivity contribution < 1.29 is 19.1 Å². The topological polar surface area (TPSA) is 76.7 Å². The van der Waals surface area contributed by atoms with Crippen molar-refractivity contribution in [1.29, 1.82) is 0 Å². The van der Waals surface area contributed by atoms with Crippen LogP contribution in [-0.2, 0) is 9.47 Å². The Balaban J connectivity index is 2.43. The molecule has 1 aromatic rings. The van der Waals surface area contributed by atoms with Crippen LogP contribution in [0, 0.1) is 6.92 Å². The molecule has 22 heavy (non-hydrogen) atoms. The number of rotatable bonds is 5. The Hall–Kier alpha value is -2.24. The second-order valence-electron chi connectivity index (χ2n) is 5.88. The molecule has 6 nitrogen and oxygen atoms in total. The average Bonchev–Trinajstić information content (AvgIpc) is 2.42. The highest BCUT2D eigenvalue weighted by Gasteiger charge is 2.15. The number of aryl methyl sites for hydroxylation is 1. The number of carbonyl (C=O) groups excluding carboxylic acids is 2. The lowest BCUT2D eigenvalue weighted by molar-refractivity contribution is 0.0528. The highest BCUT2D eigenvalue weighted by Crippen LogP contribution is 2.16. The van der Waals surface area contributed by atoms with Crippen molar-refractivity contribution in [3.05, 3.63) is 29.3 Å². The van der Waals surface area contributed by atoms with Crippen LogP contribution >= 0.6 is 0 Å². The number of methoxy groups -OCH3 is 1. The lowest BCUT2D eigenvalue weighted by atomic mass is 10.1. The van der Waals surface area contributed by atoms with E-state index in [2.05, 4.69) is 15.4 Å². The highest BCUT2D eigenvalue weighted by molar-refractivity contribution is 5.90. The number of hydrogen-bond acceptors (Lipinski definition) is 5. The molecule has 0 atom stereocenters. The summed E-state index contributed by atoms with van der Waals surface area (Å²) in [5.74, 6) is -0.360. The molecule has 0 aliphatic rings. The molecule has 0 saturated carbocycles. The molecule has 0 radical (unpaired) electrons. The van der Waals surface area contributed by atoms with Crippen LogP contribution in [0.5, 0.6) is 0 Å². The molecule has 0 spiro atoms. The second-order valence-corrected chi connectivity index (χ2v) is 5.88. The summed E-state index contributed by atoms with van der Waals surface area (Å²) in [6, 6.07) is 5.27. The molecule has 1 aromatic carbocycles. The van der Waals surface area contributed by atoms with E-state index in [1.807, 2.05) is 33.8 Å². The molecule has 1 amide bonds. The van der Waals surface area contributed by atoms with E-state index in [1.54, 1.807) is 12.1 Å². The van der Waals surface area contributed by atoms with Gasteiger partial charge in [-0.25, -0.2) is 9.59 Å². The van der Waals surface area contributed by atoms with Gasteiger partial charge in [-0.05, 0) is 51.5 Å². The van der Waals surface area contributed by atoms with Crippen LogP contribution in [0.2, 0.25) is 0 Å². The maximum atomic E-state index is 11.5. The average molecular weight is 308 g/mol. The molecule has 0 unspecified atom stereocenters. The number of alkyl carbamates (subject to hydrolysis) is 1. The lowest BCUT2D eigenvalue weighted by Crippen LogP contribution is -2.35. The first-order valence-corrected chi connectivity index (χ1v) is 7.12. The molecular weight excluding hydrogens is 284 g/mol. The van der Waals surface area contributed by atoms with Gasteiger partial charge in [-0.2, -0.15) is 0 Å². The third-order valence-corrected chi connectivity index (χ3v) is 2.76. The van der Waals surface area contributed by atoms with Crippen molar-refractivity contribution in [2.75, 3.05) is 25.5 Å². The molecule has 0 fully saturated rings. The van der Waals surface area contributed by atoms with Gasteiger partial charge in [0.1, 0.15) is 5.60 Å². The smallest absolute Gasteiger partial charge is 0.407 e. The maximum absolute atomic E-state index is 11.5. The van der Waals surface area contributed by atoms with Gasteiger partial charge < -0.3 is 20.1 Å². The van der Waals surface area contributed by atoms with E-state index in [-0.39, 0.29) is 5.97 Å². The second kappa shape index (κ2) is 7.68. The van der Waals surface area contributed by atoms with Crippen molar-refractivity contribution in [2.45, 2.75) is 33.3 Å². The molecule has 6 heteroatoms. The summed E-state index contributed by atoms with van der Waals surface area (Å²) in [5, 5.41) is 5.86. The molecule has 0 saturated heterocycles. The van der Waals surface area contributed by atoms with Crippen LogP contribution in [0.4, 0.5) is 10.5 Å². The zero-order chi connectivity index (χ0) is 16.8. The SMILES string of the molecule is COC(=O)c1ccc(NCCNC(=O)OC(C)(C)C)c(C)c1. The van der Waals surface area contributed by atoms with Crippen molar-refractivity contribution in [2.24, 2.45) is 0 Å². The van der Waals surface area contributed by atoms with Crippen LogP contribution in [0.25, 0.3) is 0 Å². The van der Waals surface area contributed by atoms with Gasteiger partial charge in [0, 0.05) is 18.8 Å². The van der Waals surface area contributed by atoms with Crippen LogP contribution in [0.15, 0.2) is 18.2 Å². The normalized spacial score (nSPS) is 10.8. The molecule has 0 aliphatic heterocycles. The Kier molecular flexibility index (Phi) is 6.22. The molecular formula is C16H24N2O4. The molecule has 0 aliphatic carbocycles. The first-order valence-electron chi connectivity index (χ1n) is 7.12. The lowest BCUT2D eigenvalue weighted by Gasteiger charge is -2.19. The van der Waals surface area contributed by atoms with E-state index < -0.39 is 11.7 Å². The quantitative estimate of drug-likeness (QED) is 0.646.